The quantitative estimate of drug-likeness (QED) is 0.671. The summed E-state index contributed by atoms with van der Waals surface area (Å²) < 4.78 is 15.9. The number of benzene rings is 1. The van der Waals surface area contributed by atoms with Crippen LogP contribution >= 0.6 is 0 Å². The molecule has 1 heterocycles. The first kappa shape index (κ1) is 19.7. The van der Waals surface area contributed by atoms with Crippen LogP contribution in [0.25, 0.3) is 0 Å². The average Bonchev–Trinajstić information content (AvgIpc) is 2.67. The number of nitrogens with one attached hydrogen (secondary N) is 1. The maximum absolute atomic E-state index is 12.2. The van der Waals surface area contributed by atoms with E-state index in [9.17, 15) is 9.90 Å². The molecule has 0 aliphatic heterocycles. The molecule has 7 heteroatoms. The van der Waals surface area contributed by atoms with Crippen LogP contribution in [-0.4, -0.2) is 49.0 Å². The zero-order chi connectivity index (χ0) is 18.8. The Labute approximate surface area is 152 Å². The number of hydrogen-bond acceptors (Lipinski definition) is 6. The van der Waals surface area contributed by atoms with Crippen LogP contribution in [0, 0.1) is 0 Å². The third-order valence-corrected chi connectivity index (χ3v) is 3.53. The summed E-state index contributed by atoms with van der Waals surface area (Å²) >= 11 is 0. The van der Waals surface area contributed by atoms with Gasteiger partial charge in [-0.3, -0.25) is 4.79 Å². The van der Waals surface area contributed by atoms with Crippen molar-refractivity contribution in [1.29, 1.82) is 0 Å². The molecule has 0 radical (unpaired) electrons. The number of aliphatic hydroxyl groups is 1. The van der Waals surface area contributed by atoms with Crippen molar-refractivity contribution >= 4 is 5.91 Å². The van der Waals surface area contributed by atoms with Crippen molar-refractivity contribution in [2.24, 2.45) is 0 Å². The van der Waals surface area contributed by atoms with E-state index in [0.717, 1.165) is 11.3 Å². The van der Waals surface area contributed by atoms with Gasteiger partial charge in [0.05, 0.1) is 33.0 Å². The number of pyridine rings is 1. The van der Waals surface area contributed by atoms with Gasteiger partial charge in [-0.1, -0.05) is 12.1 Å². The number of aromatic nitrogens is 1. The van der Waals surface area contributed by atoms with Gasteiger partial charge in [0.15, 0.2) is 0 Å². The average molecular weight is 360 g/mol. The molecule has 26 heavy (non-hydrogen) atoms. The van der Waals surface area contributed by atoms with Crippen molar-refractivity contribution in [3.05, 3.63) is 53.7 Å². The van der Waals surface area contributed by atoms with Crippen molar-refractivity contribution in [2.75, 3.05) is 26.9 Å². The topological polar surface area (TPSA) is 89.9 Å². The number of nitrogens with zero attached hydrogens (tertiary/aromatic N) is 1. The number of rotatable bonds is 10. The second-order valence-electron chi connectivity index (χ2n) is 5.52. The van der Waals surface area contributed by atoms with E-state index in [1.165, 1.54) is 0 Å². The minimum atomic E-state index is -0.815. The predicted octanol–water partition coefficient (Wildman–Crippen LogP) is 1.80. The van der Waals surface area contributed by atoms with Crippen LogP contribution < -0.4 is 14.8 Å². The first-order valence-corrected chi connectivity index (χ1v) is 8.38. The Hall–Kier alpha value is -2.64. The molecule has 0 fully saturated rings. The van der Waals surface area contributed by atoms with Gasteiger partial charge in [-0.2, -0.15) is 0 Å². The molecule has 0 aliphatic rings. The van der Waals surface area contributed by atoms with Gasteiger partial charge < -0.3 is 24.6 Å². The Kier molecular flexibility index (Phi) is 7.85. The Morgan fingerprint density at radius 3 is 2.73 bits per heavy atom. The maximum Gasteiger partial charge on any atom is 0.256 e. The molecule has 2 aromatic rings. The number of amides is 1. The van der Waals surface area contributed by atoms with E-state index >= 15 is 0 Å². The highest BCUT2D eigenvalue weighted by atomic mass is 16.5. The van der Waals surface area contributed by atoms with Gasteiger partial charge in [-0.25, -0.2) is 4.98 Å². The van der Waals surface area contributed by atoms with E-state index in [2.05, 4.69) is 10.3 Å². The zero-order valence-corrected chi connectivity index (χ0v) is 15.0. The fourth-order valence-corrected chi connectivity index (χ4v) is 2.21. The van der Waals surface area contributed by atoms with E-state index in [1.54, 1.807) is 25.4 Å². The van der Waals surface area contributed by atoms with Gasteiger partial charge in [-0.15, -0.1) is 0 Å². The van der Waals surface area contributed by atoms with Crippen LogP contribution in [0.3, 0.4) is 0 Å². The fourth-order valence-electron chi connectivity index (χ4n) is 2.21. The highest BCUT2D eigenvalue weighted by Gasteiger charge is 2.14. The summed E-state index contributed by atoms with van der Waals surface area (Å²) in [5.41, 5.74) is 1.31. The molecule has 0 aliphatic carbocycles. The van der Waals surface area contributed by atoms with E-state index in [1.807, 2.05) is 31.2 Å². The number of ether oxygens (including phenoxy) is 3. The van der Waals surface area contributed by atoms with E-state index in [0.29, 0.717) is 18.8 Å². The Morgan fingerprint density at radius 2 is 2.04 bits per heavy atom. The van der Waals surface area contributed by atoms with Crippen molar-refractivity contribution in [3.8, 4) is 11.6 Å². The van der Waals surface area contributed by atoms with E-state index in [-0.39, 0.29) is 24.9 Å². The second-order valence-corrected chi connectivity index (χ2v) is 5.52. The number of carbonyl (C=O) groups is 1. The number of aliphatic hydroxyl groups excluding tert-OH is 1. The monoisotopic (exact) mass is 360 g/mol. The molecule has 1 aromatic heterocycles. The lowest BCUT2D eigenvalue weighted by Crippen LogP contribution is -2.34. The summed E-state index contributed by atoms with van der Waals surface area (Å²) in [6, 6.07) is 10.8. The van der Waals surface area contributed by atoms with Crippen LogP contribution in [0.4, 0.5) is 0 Å². The molecule has 2 N–H and O–H groups in total. The second kappa shape index (κ2) is 10.4. The molecule has 0 saturated carbocycles. The van der Waals surface area contributed by atoms with Gasteiger partial charge in [0, 0.05) is 12.7 Å². The Balaban J connectivity index is 1.74. The molecule has 1 atom stereocenters. The summed E-state index contributed by atoms with van der Waals surface area (Å²) in [6.45, 7) is 2.78. The summed E-state index contributed by atoms with van der Waals surface area (Å²) in [5.74, 6) is 0.701. The molecular formula is C19H24N2O5. The van der Waals surface area contributed by atoms with Crippen molar-refractivity contribution in [3.63, 3.8) is 0 Å². The van der Waals surface area contributed by atoms with E-state index < -0.39 is 6.10 Å². The smallest absolute Gasteiger partial charge is 0.256 e. The summed E-state index contributed by atoms with van der Waals surface area (Å²) in [4.78, 5) is 16.2. The normalized spacial score (nSPS) is 11.7. The molecular weight excluding hydrogens is 336 g/mol. The van der Waals surface area contributed by atoms with Crippen LogP contribution in [0.15, 0.2) is 42.6 Å². The maximum atomic E-state index is 12.2. The molecule has 0 bridgehead atoms. The predicted molar refractivity (Wildman–Crippen MR) is 96.4 cm³/mol. The Morgan fingerprint density at radius 1 is 1.27 bits per heavy atom. The first-order valence-electron chi connectivity index (χ1n) is 8.38. The van der Waals surface area contributed by atoms with Crippen LogP contribution in [-0.2, 0) is 11.3 Å². The summed E-state index contributed by atoms with van der Waals surface area (Å²) in [5, 5.41) is 12.6. The van der Waals surface area contributed by atoms with Crippen LogP contribution in [0.2, 0.25) is 0 Å². The van der Waals surface area contributed by atoms with E-state index in [4.69, 9.17) is 14.2 Å². The van der Waals surface area contributed by atoms with Crippen molar-refractivity contribution < 1.29 is 24.1 Å². The molecule has 2 rings (SSSR count). The molecule has 1 aromatic carbocycles. The molecule has 7 nitrogen and oxygen atoms in total. The third kappa shape index (κ3) is 6.02. The van der Waals surface area contributed by atoms with Crippen LogP contribution in [0.1, 0.15) is 22.8 Å². The Bertz CT molecular complexity index is 691. The minimum absolute atomic E-state index is 0.0713. The summed E-state index contributed by atoms with van der Waals surface area (Å²) in [7, 11) is 1.61. The van der Waals surface area contributed by atoms with Gasteiger partial charge in [0.25, 0.3) is 5.91 Å². The largest absolute Gasteiger partial charge is 0.497 e. The molecule has 1 amide bonds. The van der Waals surface area contributed by atoms with Gasteiger partial charge >= 0.3 is 0 Å². The lowest BCUT2D eigenvalue weighted by atomic mass is 10.2. The highest BCUT2D eigenvalue weighted by Crippen LogP contribution is 2.14. The van der Waals surface area contributed by atoms with Gasteiger partial charge in [0.1, 0.15) is 11.3 Å². The number of hydrogen-bond donors (Lipinski definition) is 2. The lowest BCUT2D eigenvalue weighted by molar-refractivity contribution is 0.0285. The summed E-state index contributed by atoms with van der Waals surface area (Å²) in [6.07, 6.45) is 0.744. The van der Waals surface area contributed by atoms with Crippen molar-refractivity contribution in [1.82, 2.24) is 10.3 Å². The van der Waals surface area contributed by atoms with Crippen LogP contribution in [0.5, 0.6) is 11.6 Å². The lowest BCUT2D eigenvalue weighted by Gasteiger charge is -2.13. The number of carbonyl (C=O) groups excluding carboxylic acids is 1. The third-order valence-electron chi connectivity index (χ3n) is 3.53. The molecule has 1 unspecified atom stereocenters. The SMILES string of the molecule is CCOc1ncccc1C(=O)NCC(O)COCc1ccc(OC)cc1. The standard InChI is InChI=1S/C19H24N2O5/c1-3-26-19-17(5-4-10-20-19)18(23)21-11-15(22)13-25-12-14-6-8-16(24-2)9-7-14/h4-10,15,22H,3,11-13H2,1-2H3,(H,21,23). The van der Waals surface area contributed by atoms with Crippen molar-refractivity contribution in [2.45, 2.75) is 19.6 Å². The first-order chi connectivity index (χ1) is 12.6. The molecule has 0 spiro atoms. The minimum Gasteiger partial charge on any atom is -0.497 e. The molecule has 0 saturated heterocycles. The van der Waals surface area contributed by atoms with Gasteiger partial charge in [-0.05, 0) is 36.8 Å². The van der Waals surface area contributed by atoms with Gasteiger partial charge in [0.2, 0.25) is 5.88 Å². The molecule has 140 valence electrons. The fraction of sp³-hybridized carbons (Fsp3) is 0.368. The number of methoxy groups -OCH3 is 1. The zero-order valence-electron chi connectivity index (χ0n) is 15.0. The highest BCUT2D eigenvalue weighted by molar-refractivity contribution is 5.96.